The summed E-state index contributed by atoms with van der Waals surface area (Å²) in [4.78, 5) is 0. The monoisotopic (exact) mass is 199 g/mol. The van der Waals surface area contributed by atoms with E-state index in [0.717, 1.165) is 38.5 Å². The van der Waals surface area contributed by atoms with Crippen molar-refractivity contribution < 1.29 is 9.26 Å². The number of rotatable bonds is 8. The second kappa shape index (κ2) is 7.49. The minimum atomic E-state index is 0.752. The number of aromatic nitrogens is 1. The van der Waals surface area contributed by atoms with Crippen molar-refractivity contribution in [2.75, 3.05) is 33.4 Å². The third-order valence-electron chi connectivity index (χ3n) is 1.76. The average Bonchev–Trinajstić information content (AvgIpc) is 2.69. The van der Waals surface area contributed by atoms with Crippen LogP contribution in [0, 0.1) is 0 Å². The number of hydrogen-bond acceptors (Lipinski definition) is 5. The minimum absolute atomic E-state index is 0.752. The molecule has 5 heteroatoms. The standard InChI is InChI=1S/C9H17N3O2/c1-13-7-5-10-3-4-11-8-9-2-6-14-12-9/h2,6,10-11H,3-5,7-8H2,1H3. The molecule has 0 aliphatic heterocycles. The first-order chi connectivity index (χ1) is 6.93. The Bertz CT molecular complexity index is 214. The summed E-state index contributed by atoms with van der Waals surface area (Å²) in [6.07, 6.45) is 1.58. The van der Waals surface area contributed by atoms with Crippen LogP contribution >= 0.6 is 0 Å². The van der Waals surface area contributed by atoms with Crippen LogP contribution < -0.4 is 10.6 Å². The summed E-state index contributed by atoms with van der Waals surface area (Å²) in [6, 6.07) is 1.85. The first-order valence-corrected chi connectivity index (χ1v) is 4.73. The van der Waals surface area contributed by atoms with Crippen molar-refractivity contribution in [1.29, 1.82) is 0 Å². The highest BCUT2D eigenvalue weighted by Crippen LogP contribution is 1.91. The van der Waals surface area contributed by atoms with E-state index in [1.54, 1.807) is 13.4 Å². The van der Waals surface area contributed by atoms with Crippen molar-refractivity contribution in [2.45, 2.75) is 6.54 Å². The SMILES string of the molecule is COCCNCCNCc1ccon1. The van der Waals surface area contributed by atoms with Crippen LogP contribution in [0.1, 0.15) is 5.69 Å². The second-order valence-corrected chi connectivity index (χ2v) is 2.91. The highest BCUT2D eigenvalue weighted by molar-refractivity contribution is 4.93. The van der Waals surface area contributed by atoms with E-state index in [2.05, 4.69) is 15.8 Å². The highest BCUT2D eigenvalue weighted by atomic mass is 16.5. The van der Waals surface area contributed by atoms with Crippen LogP contribution in [-0.2, 0) is 11.3 Å². The van der Waals surface area contributed by atoms with Gasteiger partial charge < -0.3 is 19.9 Å². The molecule has 14 heavy (non-hydrogen) atoms. The number of ether oxygens (including phenoxy) is 1. The molecule has 0 saturated heterocycles. The summed E-state index contributed by atoms with van der Waals surface area (Å²) in [5.74, 6) is 0. The Morgan fingerprint density at radius 1 is 1.36 bits per heavy atom. The van der Waals surface area contributed by atoms with Gasteiger partial charge in [0.1, 0.15) is 6.26 Å². The first kappa shape index (κ1) is 11.2. The molecule has 0 bridgehead atoms. The maximum absolute atomic E-state index is 4.90. The topological polar surface area (TPSA) is 59.3 Å². The van der Waals surface area contributed by atoms with Gasteiger partial charge in [-0.2, -0.15) is 0 Å². The molecule has 0 saturated carbocycles. The molecule has 2 N–H and O–H groups in total. The molecule has 0 amide bonds. The zero-order valence-electron chi connectivity index (χ0n) is 8.45. The van der Waals surface area contributed by atoms with E-state index in [1.165, 1.54) is 0 Å². The molecule has 0 aromatic carbocycles. The molecule has 0 spiro atoms. The van der Waals surface area contributed by atoms with Crippen LogP contribution in [0.25, 0.3) is 0 Å². The van der Waals surface area contributed by atoms with Gasteiger partial charge in [-0.3, -0.25) is 0 Å². The van der Waals surface area contributed by atoms with Crippen molar-refractivity contribution in [2.24, 2.45) is 0 Å². The summed E-state index contributed by atoms with van der Waals surface area (Å²) in [7, 11) is 1.70. The fraction of sp³-hybridized carbons (Fsp3) is 0.667. The Kier molecular flexibility index (Phi) is 5.97. The van der Waals surface area contributed by atoms with Gasteiger partial charge >= 0.3 is 0 Å². The Morgan fingerprint density at radius 3 is 2.93 bits per heavy atom. The largest absolute Gasteiger partial charge is 0.383 e. The molecule has 1 rings (SSSR count). The van der Waals surface area contributed by atoms with Gasteiger partial charge in [0, 0.05) is 39.4 Å². The summed E-state index contributed by atoms with van der Waals surface area (Å²) < 4.78 is 9.60. The maximum Gasteiger partial charge on any atom is 0.124 e. The molecular weight excluding hydrogens is 182 g/mol. The lowest BCUT2D eigenvalue weighted by molar-refractivity contribution is 0.199. The van der Waals surface area contributed by atoms with Gasteiger partial charge in [0.2, 0.25) is 0 Å². The minimum Gasteiger partial charge on any atom is -0.383 e. The van der Waals surface area contributed by atoms with Crippen LogP contribution in [0.5, 0.6) is 0 Å². The Balaban J connectivity index is 1.85. The zero-order chi connectivity index (χ0) is 10.1. The highest BCUT2D eigenvalue weighted by Gasteiger charge is 1.94. The van der Waals surface area contributed by atoms with Crippen LogP contribution in [0.4, 0.5) is 0 Å². The van der Waals surface area contributed by atoms with Crippen LogP contribution in [0.3, 0.4) is 0 Å². The smallest absolute Gasteiger partial charge is 0.124 e. The lowest BCUT2D eigenvalue weighted by Crippen LogP contribution is -2.29. The van der Waals surface area contributed by atoms with Gasteiger partial charge in [-0.05, 0) is 0 Å². The molecule has 0 radical (unpaired) electrons. The summed E-state index contributed by atoms with van der Waals surface area (Å²) >= 11 is 0. The molecule has 0 aliphatic rings. The quantitative estimate of drug-likeness (QED) is 0.577. The molecule has 80 valence electrons. The molecular formula is C9H17N3O2. The zero-order valence-corrected chi connectivity index (χ0v) is 8.45. The fourth-order valence-electron chi connectivity index (χ4n) is 1.02. The van der Waals surface area contributed by atoms with E-state index in [1.807, 2.05) is 6.07 Å². The summed E-state index contributed by atoms with van der Waals surface area (Å²) in [5.41, 5.74) is 0.932. The fourth-order valence-corrected chi connectivity index (χ4v) is 1.02. The Hall–Kier alpha value is -0.910. The van der Waals surface area contributed by atoms with Gasteiger partial charge in [0.05, 0.1) is 12.3 Å². The van der Waals surface area contributed by atoms with Gasteiger partial charge in [0.15, 0.2) is 0 Å². The predicted octanol–water partition coefficient (Wildman–Crippen LogP) is 0.000200. The van der Waals surface area contributed by atoms with Crippen molar-refractivity contribution in [3.63, 3.8) is 0 Å². The van der Waals surface area contributed by atoms with Gasteiger partial charge in [-0.1, -0.05) is 5.16 Å². The molecule has 5 nitrogen and oxygen atoms in total. The number of nitrogens with zero attached hydrogens (tertiary/aromatic N) is 1. The average molecular weight is 199 g/mol. The number of nitrogens with one attached hydrogen (secondary N) is 2. The predicted molar refractivity (Wildman–Crippen MR) is 53.0 cm³/mol. The normalized spacial score (nSPS) is 10.6. The lowest BCUT2D eigenvalue weighted by atomic mass is 10.4. The molecule has 1 heterocycles. The summed E-state index contributed by atoms with van der Waals surface area (Å²) in [5, 5.41) is 10.3. The van der Waals surface area contributed by atoms with E-state index < -0.39 is 0 Å². The Morgan fingerprint density at radius 2 is 2.21 bits per heavy atom. The third kappa shape index (κ3) is 4.96. The van der Waals surface area contributed by atoms with Crippen molar-refractivity contribution in [3.05, 3.63) is 18.0 Å². The van der Waals surface area contributed by atoms with Crippen molar-refractivity contribution in [3.8, 4) is 0 Å². The third-order valence-corrected chi connectivity index (χ3v) is 1.76. The molecule has 1 aromatic rings. The number of hydrogen-bond donors (Lipinski definition) is 2. The van der Waals surface area contributed by atoms with Crippen molar-refractivity contribution in [1.82, 2.24) is 15.8 Å². The lowest BCUT2D eigenvalue weighted by Gasteiger charge is -2.04. The molecule has 0 atom stereocenters. The van der Waals surface area contributed by atoms with Gasteiger partial charge in [-0.15, -0.1) is 0 Å². The number of methoxy groups -OCH3 is 1. The molecule has 0 fully saturated rings. The first-order valence-electron chi connectivity index (χ1n) is 4.73. The Labute approximate surface area is 83.8 Å². The molecule has 0 unspecified atom stereocenters. The molecule has 0 aliphatic carbocycles. The van der Waals surface area contributed by atoms with E-state index in [4.69, 9.17) is 9.26 Å². The summed E-state index contributed by atoms with van der Waals surface area (Å²) in [6.45, 7) is 4.24. The van der Waals surface area contributed by atoms with E-state index in [9.17, 15) is 0 Å². The van der Waals surface area contributed by atoms with E-state index in [-0.39, 0.29) is 0 Å². The maximum atomic E-state index is 4.90. The van der Waals surface area contributed by atoms with Crippen LogP contribution in [0.2, 0.25) is 0 Å². The van der Waals surface area contributed by atoms with Crippen molar-refractivity contribution >= 4 is 0 Å². The molecule has 1 aromatic heterocycles. The van der Waals surface area contributed by atoms with E-state index in [0.29, 0.717) is 0 Å². The van der Waals surface area contributed by atoms with Gasteiger partial charge in [-0.25, -0.2) is 0 Å². The second-order valence-electron chi connectivity index (χ2n) is 2.91. The van der Waals surface area contributed by atoms with E-state index >= 15 is 0 Å². The van der Waals surface area contributed by atoms with Gasteiger partial charge in [0.25, 0.3) is 0 Å². The van der Waals surface area contributed by atoms with Crippen LogP contribution in [-0.4, -0.2) is 38.5 Å². The van der Waals surface area contributed by atoms with Crippen LogP contribution in [0.15, 0.2) is 16.9 Å².